The molecule has 0 unspecified atom stereocenters. The number of rotatable bonds is 8. The van der Waals surface area contributed by atoms with Crippen LogP contribution in [0.5, 0.6) is 0 Å². The summed E-state index contributed by atoms with van der Waals surface area (Å²) in [5.41, 5.74) is 1.37. The molecule has 49 heavy (non-hydrogen) atoms. The lowest BCUT2D eigenvalue weighted by atomic mass is 10.0. The van der Waals surface area contributed by atoms with Gasteiger partial charge in [0.25, 0.3) is 5.91 Å². The molecule has 10 nitrogen and oxygen atoms in total. The van der Waals surface area contributed by atoms with Gasteiger partial charge in [-0.15, -0.1) is 0 Å². The maximum Gasteiger partial charge on any atom is 0.416 e. The molecule has 0 spiro atoms. The Morgan fingerprint density at radius 3 is 2.47 bits per heavy atom. The molecule has 2 aromatic carbocycles. The lowest BCUT2D eigenvalue weighted by Gasteiger charge is -2.32. The summed E-state index contributed by atoms with van der Waals surface area (Å²) in [4.78, 5) is 21.4. The van der Waals surface area contributed by atoms with E-state index in [4.69, 9.17) is 0 Å². The fourth-order valence-electron chi connectivity index (χ4n) is 5.64. The number of hydrogen-bond acceptors (Lipinski definition) is 7. The van der Waals surface area contributed by atoms with Crippen LogP contribution in [0.4, 0.5) is 13.2 Å². The number of alkyl halides is 3. The van der Waals surface area contributed by atoms with Crippen LogP contribution in [0.25, 0.3) is 5.65 Å². The van der Waals surface area contributed by atoms with E-state index < -0.39 is 33.2 Å². The van der Waals surface area contributed by atoms with Gasteiger partial charge in [0, 0.05) is 87.8 Å². The Balaban J connectivity index is 1.31. The highest BCUT2D eigenvalue weighted by Crippen LogP contribution is 2.33. The minimum absolute atomic E-state index is 0.0162. The second-order valence-corrected chi connectivity index (χ2v) is 14.0. The summed E-state index contributed by atoms with van der Waals surface area (Å²) in [5, 5.41) is 6.99. The predicted octanol–water partition coefficient (Wildman–Crippen LogP) is 4.14. The van der Waals surface area contributed by atoms with E-state index in [-0.39, 0.29) is 40.2 Å². The number of piperazine rings is 1. The molecule has 6 rings (SSSR count). The van der Waals surface area contributed by atoms with Crippen LogP contribution in [-0.2, 0) is 41.9 Å². The molecule has 0 aliphatic carbocycles. The number of amides is 1. The second kappa shape index (κ2) is 13.9. The van der Waals surface area contributed by atoms with Crippen molar-refractivity contribution in [2.75, 3.05) is 33.2 Å². The Morgan fingerprint density at radius 2 is 1.73 bits per heavy atom. The van der Waals surface area contributed by atoms with E-state index in [0.717, 1.165) is 24.7 Å². The summed E-state index contributed by atoms with van der Waals surface area (Å²) in [6.07, 6.45) is 2.29. The Hall–Kier alpha value is -4.97. The van der Waals surface area contributed by atoms with E-state index in [9.17, 15) is 26.4 Å². The highest BCUT2D eigenvalue weighted by atomic mass is 32.2. The average Bonchev–Trinajstić information content (AvgIpc) is 3.71. The molecule has 1 aliphatic heterocycles. The number of fused-ring (bicyclic) bond motifs is 1. The van der Waals surface area contributed by atoms with Gasteiger partial charge >= 0.3 is 6.18 Å². The van der Waals surface area contributed by atoms with Crippen LogP contribution in [0.15, 0.2) is 84.3 Å². The van der Waals surface area contributed by atoms with Crippen molar-refractivity contribution in [3.05, 3.63) is 118 Å². The number of benzene rings is 2. The molecular formula is C35H34F3N7O3S. The smallest absolute Gasteiger partial charge is 0.348 e. The van der Waals surface area contributed by atoms with Gasteiger partial charge in [0.2, 0.25) is 0 Å². The molecule has 0 atom stereocenters. The van der Waals surface area contributed by atoms with Gasteiger partial charge in [-0.2, -0.15) is 18.3 Å². The van der Waals surface area contributed by atoms with Gasteiger partial charge in [-0.25, -0.2) is 13.4 Å². The third-order valence-corrected chi connectivity index (χ3v) is 10.0. The van der Waals surface area contributed by atoms with E-state index >= 15 is 0 Å². The third kappa shape index (κ3) is 8.19. The first kappa shape index (κ1) is 33.9. The Labute approximate surface area is 282 Å². The van der Waals surface area contributed by atoms with E-state index in [1.54, 1.807) is 31.7 Å². The van der Waals surface area contributed by atoms with Crippen LogP contribution >= 0.6 is 0 Å². The van der Waals surface area contributed by atoms with Gasteiger partial charge < -0.3 is 14.6 Å². The maximum atomic E-state index is 14.2. The molecule has 1 N–H and O–H groups in total. The molecule has 5 aromatic rings. The SMILES string of the molecule is CN1CCN(Cc2ccc(C#Cc3cc(C(=O)NCc4ccn5ccnc5c4)ccc3S(=O)(=O)Cc3ccn(C)n3)cc2C(F)(F)F)CC1. The van der Waals surface area contributed by atoms with Crippen LogP contribution in [0.1, 0.15) is 43.9 Å². The van der Waals surface area contributed by atoms with Crippen molar-refractivity contribution < 1.29 is 26.4 Å². The highest BCUT2D eigenvalue weighted by molar-refractivity contribution is 7.90. The number of carbonyl (C=O) groups is 1. The summed E-state index contributed by atoms with van der Waals surface area (Å²) < 4.78 is 73.1. The normalized spacial score (nSPS) is 14.5. The summed E-state index contributed by atoms with van der Waals surface area (Å²) in [6.45, 7) is 3.20. The molecule has 3 aromatic heterocycles. The number of pyridine rings is 1. The molecule has 0 saturated carbocycles. The van der Waals surface area contributed by atoms with Crippen LogP contribution in [0, 0.1) is 11.8 Å². The van der Waals surface area contributed by atoms with E-state index in [1.807, 2.05) is 34.7 Å². The van der Waals surface area contributed by atoms with Crippen LogP contribution in [0.2, 0.25) is 0 Å². The molecule has 0 bridgehead atoms. The van der Waals surface area contributed by atoms with Crippen molar-refractivity contribution in [3.8, 4) is 11.8 Å². The highest BCUT2D eigenvalue weighted by Gasteiger charge is 2.34. The number of sulfone groups is 1. The molecule has 0 radical (unpaired) electrons. The van der Waals surface area contributed by atoms with Crippen LogP contribution in [-0.4, -0.2) is 76.5 Å². The molecule has 1 fully saturated rings. The van der Waals surface area contributed by atoms with Gasteiger partial charge in [-0.3, -0.25) is 14.4 Å². The maximum absolute atomic E-state index is 14.2. The van der Waals surface area contributed by atoms with Crippen molar-refractivity contribution in [3.63, 3.8) is 0 Å². The zero-order chi connectivity index (χ0) is 34.8. The molecule has 14 heteroatoms. The molecular weight excluding hydrogens is 655 g/mol. The van der Waals surface area contributed by atoms with E-state index in [0.29, 0.717) is 24.4 Å². The molecule has 4 heterocycles. The minimum Gasteiger partial charge on any atom is -0.348 e. The van der Waals surface area contributed by atoms with E-state index in [2.05, 4.69) is 32.1 Å². The standard InChI is InChI=1S/C35H34F3N7O3S/c1-42-15-17-44(18-16-42)23-29-6-4-25(19-31(29)35(36,37)38)3-5-27-21-28(7-8-32(27)49(47,48)24-30-10-12-43(2)41-30)34(46)40-22-26-9-13-45-14-11-39-33(45)20-26/h4,6-14,19-21H,15-18,22-24H2,1-2H3,(H,40,46). The number of carbonyl (C=O) groups excluding carboxylic acids is 1. The summed E-state index contributed by atoms with van der Waals surface area (Å²) >= 11 is 0. The van der Waals surface area contributed by atoms with Gasteiger partial charge in [0.1, 0.15) is 5.65 Å². The first-order valence-electron chi connectivity index (χ1n) is 15.5. The van der Waals surface area contributed by atoms with Crippen molar-refractivity contribution in [1.82, 2.24) is 34.3 Å². The van der Waals surface area contributed by atoms with Gasteiger partial charge in [-0.05, 0) is 66.7 Å². The van der Waals surface area contributed by atoms with Crippen molar-refractivity contribution in [2.45, 2.75) is 29.9 Å². The first-order chi connectivity index (χ1) is 23.3. The number of nitrogens with one attached hydrogen (secondary N) is 1. The Kier molecular flexibility index (Phi) is 9.60. The Morgan fingerprint density at radius 1 is 0.939 bits per heavy atom. The molecule has 1 amide bonds. The molecule has 254 valence electrons. The zero-order valence-electron chi connectivity index (χ0n) is 26.9. The van der Waals surface area contributed by atoms with Gasteiger partial charge in [0.15, 0.2) is 9.84 Å². The number of imidazole rings is 1. The summed E-state index contributed by atoms with van der Waals surface area (Å²) in [6, 6.07) is 13.2. The monoisotopic (exact) mass is 689 g/mol. The zero-order valence-corrected chi connectivity index (χ0v) is 27.7. The molecule has 1 aliphatic rings. The fourth-order valence-corrected chi connectivity index (χ4v) is 7.06. The topological polar surface area (TPSA) is 105 Å². The lowest BCUT2D eigenvalue weighted by molar-refractivity contribution is -0.138. The number of likely N-dealkylation sites (N-methyl/N-ethyl adjacent to an activating group) is 1. The third-order valence-electron chi connectivity index (χ3n) is 8.35. The lowest BCUT2D eigenvalue weighted by Crippen LogP contribution is -2.44. The number of hydrogen-bond donors (Lipinski definition) is 1. The number of halogens is 3. The van der Waals surface area contributed by atoms with Crippen LogP contribution < -0.4 is 5.32 Å². The number of nitrogens with zero attached hydrogens (tertiary/aromatic N) is 6. The quantitative estimate of drug-likeness (QED) is 0.245. The average molecular weight is 690 g/mol. The van der Waals surface area contributed by atoms with Gasteiger partial charge in [0.05, 0.1) is 21.9 Å². The van der Waals surface area contributed by atoms with Crippen molar-refractivity contribution in [1.29, 1.82) is 0 Å². The summed E-state index contributed by atoms with van der Waals surface area (Å²) in [7, 11) is -0.370. The van der Waals surface area contributed by atoms with Crippen molar-refractivity contribution in [2.24, 2.45) is 7.05 Å². The summed E-state index contributed by atoms with van der Waals surface area (Å²) in [5.74, 6) is 4.60. The van der Waals surface area contributed by atoms with Gasteiger partial charge in [-0.1, -0.05) is 17.9 Å². The Bertz CT molecular complexity index is 2170. The second-order valence-electron chi connectivity index (χ2n) is 12.1. The molecule has 1 saturated heterocycles. The minimum atomic E-state index is -4.61. The largest absolute Gasteiger partial charge is 0.416 e. The van der Waals surface area contributed by atoms with Crippen LogP contribution in [0.3, 0.4) is 0 Å². The predicted molar refractivity (Wildman–Crippen MR) is 177 cm³/mol. The fraction of sp³-hybridized carbons (Fsp3) is 0.286. The number of aryl methyl sites for hydroxylation is 1. The van der Waals surface area contributed by atoms with Crippen molar-refractivity contribution >= 4 is 21.4 Å². The van der Waals surface area contributed by atoms with E-state index in [1.165, 1.54) is 35.0 Å². The number of aromatic nitrogens is 4. The first-order valence-corrected chi connectivity index (χ1v) is 17.2.